The zero-order valence-electron chi connectivity index (χ0n) is 37.5. The van der Waals surface area contributed by atoms with Crippen molar-refractivity contribution in [2.75, 3.05) is 37.8 Å². The zero-order chi connectivity index (χ0) is 50.6. The number of amides is 2. The summed E-state index contributed by atoms with van der Waals surface area (Å²) < 4.78 is 72.1. The van der Waals surface area contributed by atoms with Crippen molar-refractivity contribution in [1.82, 2.24) is 30.2 Å². The Morgan fingerprint density at radius 3 is 2.37 bits per heavy atom. The summed E-state index contributed by atoms with van der Waals surface area (Å²) in [5.41, 5.74) is 4.05. The SMILES string of the molecule is C[C@H](CCCCCCC(=O)SCCNC(=O)CCNC(=O)[C@H](O)C(C)(C)COP(=O)([O-])OP(=O)([O-])OC[C@H]1O[C@@H](n2cnc3c(N)ncnc32)[C@H](O)[C@@H]1OP(=O)([O-])[O-])O[C@@H]1O[C@@H](C)[C@H](O)C[C@H]1O. The van der Waals surface area contributed by atoms with E-state index < -0.39 is 109 Å². The van der Waals surface area contributed by atoms with Crippen LogP contribution in [0.3, 0.4) is 0 Å². The molecule has 28 nitrogen and oxygen atoms in total. The number of aromatic nitrogens is 4. The first kappa shape index (κ1) is 58.0. The Morgan fingerprint density at radius 2 is 1.66 bits per heavy atom. The lowest BCUT2D eigenvalue weighted by atomic mass is 9.87. The Hall–Kier alpha value is -2.60. The number of aliphatic hydroxyl groups is 4. The largest absolute Gasteiger partial charge is 0.790 e. The van der Waals surface area contributed by atoms with Crippen molar-refractivity contribution in [3.63, 3.8) is 0 Å². The third-order valence-electron chi connectivity index (χ3n) is 10.5. The number of nitrogens with zero attached hydrogens (tertiary/aromatic N) is 4. The van der Waals surface area contributed by atoms with Crippen LogP contribution in [0.15, 0.2) is 12.7 Å². The lowest BCUT2D eigenvalue weighted by molar-refractivity contribution is -0.347. The number of anilines is 1. The molecule has 0 radical (unpaired) electrons. The van der Waals surface area contributed by atoms with E-state index >= 15 is 0 Å². The minimum Gasteiger partial charge on any atom is -0.790 e. The minimum absolute atomic E-state index is 0.0281. The number of aliphatic hydroxyl groups excluding tert-OH is 4. The first-order valence-electron chi connectivity index (χ1n) is 21.3. The van der Waals surface area contributed by atoms with E-state index in [9.17, 15) is 68.1 Å². The average Bonchev–Trinajstić information content (AvgIpc) is 3.80. The van der Waals surface area contributed by atoms with Gasteiger partial charge in [-0.2, -0.15) is 0 Å². The number of phosphoric ester groups is 3. The summed E-state index contributed by atoms with van der Waals surface area (Å²) in [5.74, 6) is -1.28. The number of imidazole rings is 1. The number of ether oxygens (including phenoxy) is 3. The maximum absolute atomic E-state index is 12.6. The van der Waals surface area contributed by atoms with E-state index in [1.807, 2.05) is 6.92 Å². The highest BCUT2D eigenvalue weighted by atomic mass is 32.2. The Morgan fingerprint density at radius 1 is 0.971 bits per heavy atom. The second kappa shape index (κ2) is 25.7. The highest BCUT2D eigenvalue weighted by Gasteiger charge is 2.47. The number of carbonyl (C=O) groups excluding carboxylic acids is 3. The molecule has 2 amide bonds. The molecule has 0 saturated carbocycles. The van der Waals surface area contributed by atoms with Gasteiger partial charge in [-0.05, 0) is 26.7 Å². The molecule has 4 rings (SSSR count). The summed E-state index contributed by atoms with van der Waals surface area (Å²) in [6.45, 7) is 3.62. The van der Waals surface area contributed by atoms with Crippen molar-refractivity contribution in [2.24, 2.45) is 5.41 Å². The Labute approximate surface area is 394 Å². The van der Waals surface area contributed by atoms with Gasteiger partial charge in [-0.15, -0.1) is 0 Å². The van der Waals surface area contributed by atoms with E-state index in [1.54, 1.807) is 6.92 Å². The molecular formula is C36H58N7O21P3S-4. The maximum Gasteiger partial charge on any atom is 0.274 e. The number of fused-ring (bicyclic) bond motifs is 1. The van der Waals surface area contributed by atoms with Crippen LogP contribution >= 0.6 is 35.2 Å². The molecule has 2 aromatic heterocycles. The molecule has 2 aliphatic heterocycles. The predicted molar refractivity (Wildman–Crippen MR) is 227 cm³/mol. The molecule has 8 N–H and O–H groups in total. The highest BCUT2D eigenvalue weighted by molar-refractivity contribution is 8.13. The lowest BCUT2D eigenvalue weighted by Gasteiger charge is -2.36. The minimum atomic E-state index is -5.94. The summed E-state index contributed by atoms with van der Waals surface area (Å²) in [7, 11) is -17.7. The molecule has 388 valence electrons. The summed E-state index contributed by atoms with van der Waals surface area (Å²) >= 11 is 1.07. The van der Waals surface area contributed by atoms with E-state index in [0.717, 1.165) is 54.7 Å². The van der Waals surface area contributed by atoms with Crippen molar-refractivity contribution >= 4 is 69.1 Å². The van der Waals surface area contributed by atoms with Gasteiger partial charge in [0.15, 0.2) is 29.1 Å². The highest BCUT2D eigenvalue weighted by Crippen LogP contribution is 2.56. The fraction of sp³-hybridized carbons (Fsp3) is 0.778. The standard InChI is InChI=1S/C36H62N7O21P3S/c1-20(60-35-23(45)15-22(44)21(2)61-35)9-7-5-6-8-10-26(47)68-14-13-38-25(46)11-12-39-33(50)30(49)36(3,4)17-59-67(56,57)64-66(54,55)58-16-24-29(63-65(51,52)53)28(48)34(62-24)43-19-42-27-31(37)40-18-41-32(27)43/h18-24,28-30,34-35,44-45,48-49H,5-17H2,1-4H3,(H,38,46)(H,39,50)(H,54,55)(H,56,57)(H2,37,40,41)(H2,51,52,53)/p-4/t20-,21+,22-,23-,24-,28-,29-,30+,34-,35-/m1/s1. The molecular weight excluding hydrogens is 991 g/mol. The predicted octanol–water partition coefficient (Wildman–Crippen LogP) is -2.26. The van der Waals surface area contributed by atoms with Gasteiger partial charge in [0.1, 0.15) is 42.4 Å². The number of rotatable bonds is 28. The molecule has 0 aliphatic carbocycles. The Bertz CT molecular complexity index is 2140. The lowest BCUT2D eigenvalue weighted by Crippen LogP contribution is -2.48. The fourth-order valence-corrected chi connectivity index (χ4v) is 10.2. The fourth-order valence-electron chi connectivity index (χ4n) is 6.76. The number of nitrogen functional groups attached to an aromatic ring is 1. The molecule has 2 aliphatic rings. The molecule has 2 aromatic rings. The number of nitrogens with two attached hydrogens (primary N) is 1. The number of hydrogen-bond acceptors (Lipinski definition) is 26. The Balaban J connectivity index is 1.09. The van der Waals surface area contributed by atoms with Crippen LogP contribution < -0.4 is 35.9 Å². The molecule has 2 fully saturated rings. The van der Waals surface area contributed by atoms with Gasteiger partial charge in [0.2, 0.25) is 11.8 Å². The van der Waals surface area contributed by atoms with Crippen LogP contribution in [-0.4, -0.2) is 144 Å². The molecule has 2 unspecified atom stereocenters. The van der Waals surface area contributed by atoms with Gasteiger partial charge in [0.05, 0.1) is 45.7 Å². The first-order chi connectivity index (χ1) is 31.7. The van der Waals surface area contributed by atoms with Gasteiger partial charge in [0.25, 0.3) is 15.6 Å². The van der Waals surface area contributed by atoms with Crippen LogP contribution in [0.25, 0.3) is 11.2 Å². The van der Waals surface area contributed by atoms with Gasteiger partial charge < -0.3 is 88.7 Å². The molecule has 0 aromatic carbocycles. The number of unbranched alkanes of at least 4 members (excludes halogenated alkanes) is 3. The molecule has 68 heavy (non-hydrogen) atoms. The van der Waals surface area contributed by atoms with E-state index in [2.05, 4.69) is 43.5 Å². The summed E-state index contributed by atoms with van der Waals surface area (Å²) in [4.78, 5) is 96.9. The van der Waals surface area contributed by atoms with Crippen LogP contribution in [0.2, 0.25) is 0 Å². The topological polar surface area (TPSA) is 434 Å². The van der Waals surface area contributed by atoms with E-state index in [0.29, 0.717) is 18.6 Å². The van der Waals surface area contributed by atoms with Crippen molar-refractivity contribution in [2.45, 2.75) is 140 Å². The molecule has 12 atom stereocenters. The van der Waals surface area contributed by atoms with Crippen LogP contribution in [0, 0.1) is 5.41 Å². The molecule has 0 spiro atoms. The molecule has 0 bridgehead atoms. The summed E-state index contributed by atoms with van der Waals surface area (Å²) in [5, 5.41) is 46.2. The van der Waals surface area contributed by atoms with Crippen molar-refractivity contribution in [1.29, 1.82) is 0 Å². The summed E-state index contributed by atoms with van der Waals surface area (Å²) in [6, 6.07) is 0. The van der Waals surface area contributed by atoms with E-state index in [1.165, 1.54) is 13.8 Å². The van der Waals surface area contributed by atoms with Crippen LogP contribution in [0.4, 0.5) is 5.82 Å². The zero-order valence-corrected chi connectivity index (χ0v) is 41.0. The third kappa shape index (κ3) is 18.2. The van der Waals surface area contributed by atoms with Crippen molar-refractivity contribution in [3.8, 4) is 0 Å². The van der Waals surface area contributed by atoms with Gasteiger partial charge >= 0.3 is 0 Å². The van der Waals surface area contributed by atoms with Crippen LogP contribution in [0.1, 0.15) is 85.3 Å². The Kier molecular flexibility index (Phi) is 21.9. The van der Waals surface area contributed by atoms with Crippen LogP contribution in [0.5, 0.6) is 0 Å². The number of carbonyl (C=O) groups is 3. The van der Waals surface area contributed by atoms with E-state index in [-0.39, 0.29) is 54.1 Å². The van der Waals surface area contributed by atoms with E-state index in [4.69, 9.17) is 19.9 Å². The molecule has 32 heteroatoms. The summed E-state index contributed by atoms with van der Waals surface area (Å²) in [6.07, 6.45) is -6.14. The van der Waals surface area contributed by atoms with Gasteiger partial charge in [0, 0.05) is 43.5 Å². The maximum atomic E-state index is 12.6. The number of thioether (sulfide) groups is 1. The van der Waals surface area contributed by atoms with Gasteiger partial charge in [-0.3, -0.25) is 28.1 Å². The monoisotopic (exact) mass is 1050 g/mol. The molecule has 2 saturated heterocycles. The molecule has 4 heterocycles. The number of phosphoric acid groups is 3. The third-order valence-corrected chi connectivity index (χ3v) is 14.5. The first-order valence-corrected chi connectivity index (χ1v) is 26.7. The normalized spacial score (nSPS) is 26.2. The number of hydrogen-bond donors (Lipinski definition) is 7. The second-order valence-electron chi connectivity index (χ2n) is 16.7. The number of nitrogens with one attached hydrogen (secondary N) is 2. The van der Waals surface area contributed by atoms with Gasteiger partial charge in [-0.25, -0.2) is 19.3 Å². The second-order valence-corrected chi connectivity index (χ2v) is 21.9. The smallest absolute Gasteiger partial charge is 0.274 e. The quantitative estimate of drug-likeness (QED) is 0.0349. The van der Waals surface area contributed by atoms with Gasteiger partial charge in [-0.1, -0.05) is 44.9 Å². The van der Waals surface area contributed by atoms with Crippen molar-refractivity contribution < 1.29 is 100 Å². The van der Waals surface area contributed by atoms with Crippen LogP contribution in [-0.2, 0) is 60.2 Å². The average molecular weight is 1050 g/mol. The van der Waals surface area contributed by atoms with Crippen molar-refractivity contribution in [3.05, 3.63) is 12.7 Å².